The van der Waals surface area contributed by atoms with Crippen LogP contribution in [0.2, 0.25) is 5.02 Å². The van der Waals surface area contributed by atoms with E-state index in [1.807, 2.05) is 0 Å². The van der Waals surface area contributed by atoms with Crippen molar-refractivity contribution in [1.82, 2.24) is 29.7 Å². The van der Waals surface area contributed by atoms with Gasteiger partial charge in [-0.05, 0) is 19.1 Å². The van der Waals surface area contributed by atoms with Crippen molar-refractivity contribution in [3.05, 3.63) is 62.9 Å². The van der Waals surface area contributed by atoms with Gasteiger partial charge in [-0.2, -0.15) is 15.3 Å². The lowest BCUT2D eigenvalue weighted by Crippen LogP contribution is -2.28. The van der Waals surface area contributed by atoms with E-state index in [9.17, 15) is 18.8 Å². The normalized spacial score (nSPS) is 12.1. The maximum absolute atomic E-state index is 13.3. The molecule has 0 aliphatic rings. The van der Waals surface area contributed by atoms with Crippen molar-refractivity contribution < 1.29 is 8.78 Å². The van der Waals surface area contributed by atoms with Gasteiger partial charge in [0.2, 0.25) is 5.95 Å². The molecule has 0 bridgehead atoms. The molecule has 0 aliphatic heterocycles. The molecule has 1 atom stereocenters. The average Bonchev–Trinajstić information content (AvgIpc) is 3.28. The minimum Gasteiger partial charge on any atom is -0.368 e. The van der Waals surface area contributed by atoms with Gasteiger partial charge in [0.25, 0.3) is 12.0 Å². The number of benzene rings is 1. The number of fused-ring (bicyclic) bond motifs is 1. The quantitative estimate of drug-likeness (QED) is 0.413. The Morgan fingerprint density at radius 3 is 2.72 bits per heavy atom. The molecule has 10 nitrogen and oxygen atoms in total. The number of H-pyrrole nitrogens is 1. The average molecular weight is 458 g/mol. The Morgan fingerprint density at radius 2 is 2.06 bits per heavy atom. The van der Waals surface area contributed by atoms with Gasteiger partial charge in [0.1, 0.15) is 29.0 Å². The molecule has 0 amide bonds. The molecule has 0 saturated heterocycles. The minimum atomic E-state index is -3.04. The highest BCUT2D eigenvalue weighted by Crippen LogP contribution is 2.29. The molecule has 32 heavy (non-hydrogen) atoms. The van der Waals surface area contributed by atoms with Crippen molar-refractivity contribution in [2.24, 2.45) is 0 Å². The molecular formula is C19H14ClF2N9O. The van der Waals surface area contributed by atoms with Crippen molar-refractivity contribution in [2.45, 2.75) is 19.4 Å². The number of nitriles is 1. The number of hydrogen-bond donors (Lipinski definition) is 3. The van der Waals surface area contributed by atoms with E-state index in [1.54, 1.807) is 37.3 Å². The van der Waals surface area contributed by atoms with Crippen LogP contribution in [0.15, 0.2) is 35.3 Å². The molecule has 13 heteroatoms. The fourth-order valence-electron chi connectivity index (χ4n) is 3.23. The maximum Gasteiger partial charge on any atom is 0.281 e. The van der Waals surface area contributed by atoms with Gasteiger partial charge in [0.15, 0.2) is 5.82 Å². The van der Waals surface area contributed by atoms with Gasteiger partial charge < -0.3 is 11.1 Å². The van der Waals surface area contributed by atoms with Crippen LogP contribution in [0.25, 0.3) is 16.7 Å². The number of nitrogen functional groups attached to an aromatic ring is 1. The van der Waals surface area contributed by atoms with Crippen molar-refractivity contribution in [2.75, 3.05) is 11.1 Å². The molecule has 0 aliphatic carbocycles. The first kappa shape index (κ1) is 21.1. The SMILES string of the molecule is CC(Nc1nc(N)nc(C(F)F)c1C#N)c1nc2c(Cl)cccc2c(=O)n1-c1ccn[nH]1. The first-order chi connectivity index (χ1) is 15.3. The molecule has 1 unspecified atom stereocenters. The van der Waals surface area contributed by atoms with Crippen LogP contribution in [0.5, 0.6) is 0 Å². The van der Waals surface area contributed by atoms with Crippen LogP contribution in [0.4, 0.5) is 20.5 Å². The van der Waals surface area contributed by atoms with Gasteiger partial charge in [-0.15, -0.1) is 0 Å². The molecule has 4 rings (SSSR count). The number of hydrogen-bond acceptors (Lipinski definition) is 8. The lowest BCUT2D eigenvalue weighted by Gasteiger charge is -2.20. The first-order valence-corrected chi connectivity index (χ1v) is 9.52. The monoisotopic (exact) mass is 457 g/mol. The summed E-state index contributed by atoms with van der Waals surface area (Å²) < 4.78 is 28.0. The molecule has 0 spiro atoms. The molecule has 0 fully saturated rings. The molecule has 4 N–H and O–H groups in total. The third-order valence-electron chi connectivity index (χ3n) is 4.62. The summed E-state index contributed by atoms with van der Waals surface area (Å²) in [7, 11) is 0. The molecule has 3 aromatic heterocycles. The smallest absolute Gasteiger partial charge is 0.281 e. The van der Waals surface area contributed by atoms with Gasteiger partial charge in [-0.25, -0.2) is 23.3 Å². The Bertz CT molecular complexity index is 1410. The Hall–Kier alpha value is -4.11. The van der Waals surface area contributed by atoms with E-state index in [2.05, 4.69) is 30.5 Å². The predicted molar refractivity (Wildman–Crippen MR) is 113 cm³/mol. The Kier molecular flexibility index (Phi) is 5.41. The molecule has 1 aromatic carbocycles. The molecule has 162 valence electrons. The number of nitrogens with two attached hydrogens (primary N) is 1. The summed E-state index contributed by atoms with van der Waals surface area (Å²) in [6, 6.07) is 7.23. The molecule has 3 heterocycles. The van der Waals surface area contributed by atoms with Crippen LogP contribution in [-0.2, 0) is 0 Å². The van der Waals surface area contributed by atoms with Gasteiger partial charge in [-0.3, -0.25) is 9.89 Å². The number of para-hydroxylation sites is 1. The third-order valence-corrected chi connectivity index (χ3v) is 4.92. The first-order valence-electron chi connectivity index (χ1n) is 9.15. The van der Waals surface area contributed by atoms with Crippen molar-refractivity contribution in [1.29, 1.82) is 5.26 Å². The fraction of sp³-hybridized carbons (Fsp3) is 0.158. The van der Waals surface area contributed by atoms with Crippen LogP contribution >= 0.6 is 11.6 Å². The van der Waals surface area contributed by atoms with E-state index in [4.69, 9.17) is 17.3 Å². The number of nitrogens with zero attached hydrogens (tertiary/aromatic N) is 6. The zero-order valence-corrected chi connectivity index (χ0v) is 17.1. The second-order valence-electron chi connectivity index (χ2n) is 6.66. The number of aromatic amines is 1. The van der Waals surface area contributed by atoms with Gasteiger partial charge in [0, 0.05) is 6.07 Å². The standard InChI is InChI=1S/C19H14ClF2N9O/c1-8(26-16-10(7-23)14(15(21)22)28-19(24)29-16)17-27-13-9(3-2-4-11(13)20)18(32)31(17)12-5-6-25-30-12/h2-6,8,15H,1H3,(H,25,30)(H3,24,26,28,29). The molecule has 4 aromatic rings. The number of alkyl halides is 2. The highest BCUT2D eigenvalue weighted by atomic mass is 35.5. The summed E-state index contributed by atoms with van der Waals surface area (Å²) in [4.78, 5) is 25.2. The van der Waals surface area contributed by atoms with E-state index in [0.717, 1.165) is 0 Å². The van der Waals surface area contributed by atoms with Crippen molar-refractivity contribution >= 4 is 34.3 Å². The van der Waals surface area contributed by atoms with Crippen LogP contribution in [0.1, 0.15) is 36.5 Å². The molecular weight excluding hydrogens is 444 g/mol. The lowest BCUT2D eigenvalue weighted by molar-refractivity contribution is 0.146. The topological polar surface area (TPSA) is 151 Å². The number of nitrogens with one attached hydrogen (secondary N) is 2. The third kappa shape index (κ3) is 3.58. The van der Waals surface area contributed by atoms with E-state index < -0.39 is 35.2 Å². The second kappa shape index (κ2) is 8.20. The predicted octanol–water partition coefficient (Wildman–Crippen LogP) is 3.12. The summed E-state index contributed by atoms with van der Waals surface area (Å²) in [5, 5.41) is 19.3. The van der Waals surface area contributed by atoms with Crippen LogP contribution in [-0.4, -0.2) is 29.7 Å². The Morgan fingerprint density at radius 1 is 1.28 bits per heavy atom. The summed E-state index contributed by atoms with van der Waals surface area (Å²) in [5.74, 6) is -0.162. The zero-order valence-electron chi connectivity index (χ0n) is 16.3. The molecule has 0 radical (unpaired) electrons. The van der Waals surface area contributed by atoms with Gasteiger partial charge in [-0.1, -0.05) is 17.7 Å². The van der Waals surface area contributed by atoms with E-state index in [1.165, 1.54) is 10.8 Å². The van der Waals surface area contributed by atoms with Gasteiger partial charge in [0.05, 0.1) is 28.2 Å². The van der Waals surface area contributed by atoms with E-state index >= 15 is 0 Å². The Labute approximate surface area is 183 Å². The summed E-state index contributed by atoms with van der Waals surface area (Å²) in [5.41, 5.74) is 4.12. The van der Waals surface area contributed by atoms with Crippen molar-refractivity contribution in [3.8, 4) is 11.9 Å². The number of anilines is 2. The van der Waals surface area contributed by atoms with Crippen LogP contribution < -0.4 is 16.6 Å². The highest BCUT2D eigenvalue weighted by Gasteiger charge is 2.25. The molecule has 0 saturated carbocycles. The second-order valence-corrected chi connectivity index (χ2v) is 7.06. The number of halogens is 3. The van der Waals surface area contributed by atoms with E-state index in [-0.39, 0.29) is 27.6 Å². The fourth-order valence-corrected chi connectivity index (χ4v) is 3.44. The minimum absolute atomic E-state index is 0.166. The number of aromatic nitrogens is 6. The van der Waals surface area contributed by atoms with E-state index in [0.29, 0.717) is 5.82 Å². The largest absolute Gasteiger partial charge is 0.368 e. The van der Waals surface area contributed by atoms with Crippen molar-refractivity contribution in [3.63, 3.8) is 0 Å². The highest BCUT2D eigenvalue weighted by molar-refractivity contribution is 6.35. The van der Waals surface area contributed by atoms with Crippen LogP contribution in [0.3, 0.4) is 0 Å². The Balaban J connectivity index is 1.91. The lowest BCUT2D eigenvalue weighted by atomic mass is 10.2. The van der Waals surface area contributed by atoms with Gasteiger partial charge >= 0.3 is 0 Å². The summed E-state index contributed by atoms with van der Waals surface area (Å²) >= 11 is 6.25. The van der Waals surface area contributed by atoms with Crippen LogP contribution in [0, 0.1) is 11.3 Å². The number of rotatable bonds is 5. The zero-order chi connectivity index (χ0) is 23.0. The summed E-state index contributed by atoms with van der Waals surface area (Å²) in [6.45, 7) is 1.61. The maximum atomic E-state index is 13.3. The summed E-state index contributed by atoms with van der Waals surface area (Å²) in [6.07, 6.45) is -1.58.